The summed E-state index contributed by atoms with van der Waals surface area (Å²) in [5.74, 6) is 0.346. The highest BCUT2D eigenvalue weighted by Crippen LogP contribution is 2.39. The fourth-order valence-corrected chi connectivity index (χ4v) is 3.73. The Morgan fingerprint density at radius 2 is 2.15 bits per heavy atom. The van der Waals surface area contributed by atoms with E-state index < -0.39 is 5.76 Å². The van der Waals surface area contributed by atoms with E-state index in [0.29, 0.717) is 17.0 Å². The molecule has 1 fully saturated rings. The smallest absolute Gasteiger partial charge is 0.408 e. The topological polar surface area (TPSA) is 58.0 Å². The summed E-state index contributed by atoms with van der Waals surface area (Å²) in [5, 5.41) is 3.60. The minimum atomic E-state index is -0.399. The molecule has 2 unspecified atom stereocenters. The minimum Gasteiger partial charge on any atom is -0.408 e. The SMILES string of the molecule is CC1CC(Nc2ccc3oc(=O)[nH]c3c2)CC(C)(C)C1. The summed E-state index contributed by atoms with van der Waals surface area (Å²) < 4.78 is 5.02. The minimum absolute atomic E-state index is 0.392. The number of fused-ring (bicyclic) bond motifs is 1. The third-order valence-electron chi connectivity index (χ3n) is 4.18. The van der Waals surface area contributed by atoms with E-state index in [1.54, 1.807) is 0 Å². The van der Waals surface area contributed by atoms with E-state index in [-0.39, 0.29) is 0 Å². The first kappa shape index (κ1) is 13.3. The molecule has 1 aromatic carbocycles. The molecule has 1 saturated carbocycles. The second kappa shape index (κ2) is 4.69. The fraction of sp³-hybridized carbons (Fsp3) is 0.562. The van der Waals surface area contributed by atoms with Crippen molar-refractivity contribution < 1.29 is 4.42 Å². The lowest BCUT2D eigenvalue weighted by molar-refractivity contribution is 0.178. The normalized spacial score (nSPS) is 25.8. The average Bonchev–Trinajstić information content (AvgIpc) is 2.65. The average molecular weight is 274 g/mol. The molecule has 2 aromatic rings. The monoisotopic (exact) mass is 274 g/mol. The van der Waals surface area contributed by atoms with E-state index in [2.05, 4.69) is 31.1 Å². The summed E-state index contributed by atoms with van der Waals surface area (Å²) in [7, 11) is 0. The zero-order valence-electron chi connectivity index (χ0n) is 12.3. The van der Waals surface area contributed by atoms with Gasteiger partial charge < -0.3 is 9.73 Å². The molecule has 0 aliphatic heterocycles. The van der Waals surface area contributed by atoms with E-state index in [1.165, 1.54) is 19.3 Å². The molecule has 1 aromatic heterocycles. The van der Waals surface area contributed by atoms with Gasteiger partial charge in [-0.05, 0) is 48.8 Å². The lowest BCUT2D eigenvalue weighted by Crippen LogP contribution is -2.35. The molecule has 1 aliphatic rings. The van der Waals surface area contributed by atoms with Crippen molar-refractivity contribution in [2.75, 3.05) is 5.32 Å². The lowest BCUT2D eigenvalue weighted by atomic mass is 9.70. The number of aromatic amines is 1. The van der Waals surface area contributed by atoms with Gasteiger partial charge in [-0.2, -0.15) is 0 Å². The summed E-state index contributed by atoms with van der Waals surface area (Å²) in [6.07, 6.45) is 3.67. The van der Waals surface area contributed by atoms with Crippen LogP contribution in [0.25, 0.3) is 11.1 Å². The number of benzene rings is 1. The van der Waals surface area contributed by atoms with Gasteiger partial charge in [0.05, 0.1) is 5.52 Å². The van der Waals surface area contributed by atoms with Gasteiger partial charge in [0.2, 0.25) is 0 Å². The van der Waals surface area contributed by atoms with Crippen molar-refractivity contribution in [2.45, 2.75) is 46.1 Å². The molecule has 0 spiro atoms. The molecule has 20 heavy (non-hydrogen) atoms. The maximum absolute atomic E-state index is 11.2. The second-order valence-corrected chi connectivity index (χ2v) is 6.98. The molecule has 0 saturated heterocycles. The fourth-order valence-electron chi connectivity index (χ4n) is 3.73. The van der Waals surface area contributed by atoms with E-state index in [4.69, 9.17) is 4.42 Å². The van der Waals surface area contributed by atoms with Crippen molar-refractivity contribution in [1.82, 2.24) is 4.98 Å². The van der Waals surface area contributed by atoms with Crippen molar-refractivity contribution in [2.24, 2.45) is 11.3 Å². The number of hydrogen-bond donors (Lipinski definition) is 2. The first-order chi connectivity index (χ1) is 9.41. The van der Waals surface area contributed by atoms with Crippen LogP contribution in [0.4, 0.5) is 5.69 Å². The van der Waals surface area contributed by atoms with Gasteiger partial charge in [-0.25, -0.2) is 4.79 Å². The van der Waals surface area contributed by atoms with Crippen LogP contribution in [0.15, 0.2) is 27.4 Å². The standard InChI is InChI=1S/C16H22N2O2/c1-10-6-12(9-16(2,3)8-10)17-11-4-5-14-13(7-11)18-15(19)20-14/h4-5,7,10,12,17H,6,8-9H2,1-3H3,(H,18,19). The Kier molecular flexibility index (Phi) is 3.11. The van der Waals surface area contributed by atoms with Crippen LogP contribution in [0.1, 0.15) is 40.0 Å². The lowest BCUT2D eigenvalue weighted by Gasteiger charge is -2.39. The molecule has 4 heteroatoms. The van der Waals surface area contributed by atoms with E-state index >= 15 is 0 Å². The number of oxazole rings is 1. The van der Waals surface area contributed by atoms with Gasteiger partial charge in [-0.15, -0.1) is 0 Å². The maximum atomic E-state index is 11.2. The number of aromatic nitrogens is 1. The molecule has 2 N–H and O–H groups in total. The highest BCUT2D eigenvalue weighted by Gasteiger charge is 2.31. The molecule has 4 nitrogen and oxygen atoms in total. The molecular weight excluding hydrogens is 252 g/mol. The first-order valence-electron chi connectivity index (χ1n) is 7.31. The number of H-pyrrole nitrogens is 1. The predicted molar refractivity (Wildman–Crippen MR) is 81.0 cm³/mol. The van der Waals surface area contributed by atoms with Crippen LogP contribution in [-0.2, 0) is 0 Å². The van der Waals surface area contributed by atoms with E-state index in [9.17, 15) is 4.79 Å². The van der Waals surface area contributed by atoms with Crippen LogP contribution in [0.5, 0.6) is 0 Å². The first-order valence-corrected chi connectivity index (χ1v) is 7.31. The largest absolute Gasteiger partial charge is 0.417 e. The van der Waals surface area contributed by atoms with Crippen LogP contribution in [-0.4, -0.2) is 11.0 Å². The molecule has 0 radical (unpaired) electrons. The van der Waals surface area contributed by atoms with Gasteiger partial charge >= 0.3 is 5.76 Å². The summed E-state index contributed by atoms with van der Waals surface area (Å²) in [5.41, 5.74) is 2.80. The second-order valence-electron chi connectivity index (χ2n) is 6.98. The summed E-state index contributed by atoms with van der Waals surface area (Å²) >= 11 is 0. The molecule has 2 atom stereocenters. The number of rotatable bonds is 2. The summed E-state index contributed by atoms with van der Waals surface area (Å²) in [4.78, 5) is 13.9. The summed E-state index contributed by atoms with van der Waals surface area (Å²) in [6, 6.07) is 6.26. The predicted octanol–water partition coefficient (Wildman–Crippen LogP) is 3.75. The molecule has 1 aliphatic carbocycles. The van der Waals surface area contributed by atoms with Crippen molar-refractivity contribution in [1.29, 1.82) is 0 Å². The van der Waals surface area contributed by atoms with Crippen LogP contribution < -0.4 is 11.1 Å². The van der Waals surface area contributed by atoms with Gasteiger partial charge in [0, 0.05) is 11.7 Å². The Labute approximate surface area is 118 Å². The molecule has 0 amide bonds. The number of hydrogen-bond acceptors (Lipinski definition) is 3. The van der Waals surface area contributed by atoms with Gasteiger partial charge in [-0.1, -0.05) is 20.8 Å². The highest BCUT2D eigenvalue weighted by atomic mass is 16.4. The van der Waals surface area contributed by atoms with Crippen LogP contribution in [0, 0.1) is 11.3 Å². The van der Waals surface area contributed by atoms with Gasteiger partial charge in [-0.3, -0.25) is 4.98 Å². The third-order valence-corrected chi connectivity index (χ3v) is 4.18. The van der Waals surface area contributed by atoms with Crippen molar-refractivity contribution in [3.63, 3.8) is 0 Å². The van der Waals surface area contributed by atoms with E-state index in [1.807, 2.05) is 18.2 Å². The zero-order chi connectivity index (χ0) is 14.3. The molecule has 0 bridgehead atoms. The third kappa shape index (κ3) is 2.74. The Bertz CT molecular complexity index is 668. The van der Waals surface area contributed by atoms with Gasteiger partial charge in [0.15, 0.2) is 5.58 Å². The Morgan fingerprint density at radius 1 is 1.35 bits per heavy atom. The Morgan fingerprint density at radius 3 is 2.90 bits per heavy atom. The molecule has 1 heterocycles. The molecule has 3 rings (SSSR count). The summed E-state index contributed by atoms with van der Waals surface area (Å²) in [6.45, 7) is 7.01. The van der Waals surface area contributed by atoms with Crippen LogP contribution in [0.3, 0.4) is 0 Å². The van der Waals surface area contributed by atoms with Crippen LogP contribution >= 0.6 is 0 Å². The van der Waals surface area contributed by atoms with Gasteiger partial charge in [0.1, 0.15) is 0 Å². The zero-order valence-corrected chi connectivity index (χ0v) is 12.3. The highest BCUT2D eigenvalue weighted by molar-refractivity contribution is 5.76. The Balaban J connectivity index is 1.80. The van der Waals surface area contributed by atoms with Crippen molar-refractivity contribution in [3.8, 4) is 0 Å². The number of anilines is 1. The maximum Gasteiger partial charge on any atom is 0.417 e. The quantitative estimate of drug-likeness (QED) is 0.877. The number of nitrogens with one attached hydrogen (secondary N) is 2. The molecular formula is C16H22N2O2. The van der Waals surface area contributed by atoms with Gasteiger partial charge in [0.25, 0.3) is 0 Å². The van der Waals surface area contributed by atoms with Crippen LogP contribution in [0.2, 0.25) is 0 Å². The Hall–Kier alpha value is -1.71. The van der Waals surface area contributed by atoms with E-state index in [0.717, 1.165) is 17.1 Å². The van der Waals surface area contributed by atoms with Crippen molar-refractivity contribution in [3.05, 3.63) is 28.7 Å². The molecule has 108 valence electrons. The van der Waals surface area contributed by atoms with Crippen molar-refractivity contribution >= 4 is 16.8 Å².